The first-order chi connectivity index (χ1) is 16.4. The van der Waals surface area contributed by atoms with Crippen molar-refractivity contribution >= 4 is 29.3 Å². The second-order valence-electron chi connectivity index (χ2n) is 7.34. The van der Waals surface area contributed by atoms with E-state index in [0.29, 0.717) is 34.5 Å². The van der Waals surface area contributed by atoms with Gasteiger partial charge in [-0.25, -0.2) is 9.47 Å². The van der Waals surface area contributed by atoms with Crippen LogP contribution in [-0.4, -0.2) is 49.3 Å². The number of rotatable bonds is 8. The van der Waals surface area contributed by atoms with Crippen LogP contribution >= 0.6 is 11.8 Å². The highest BCUT2D eigenvalue weighted by atomic mass is 32.2. The molecule has 4 aromatic rings. The van der Waals surface area contributed by atoms with Crippen LogP contribution in [0.2, 0.25) is 0 Å². The normalized spacial score (nSPS) is 10.8. The number of ether oxygens (including phenoxy) is 1. The first-order valence-corrected chi connectivity index (χ1v) is 11.5. The summed E-state index contributed by atoms with van der Waals surface area (Å²) in [6.07, 6.45) is 0. The molecule has 0 spiro atoms. The van der Waals surface area contributed by atoms with E-state index in [9.17, 15) is 9.59 Å². The molecule has 0 radical (unpaired) electrons. The number of esters is 1. The van der Waals surface area contributed by atoms with Gasteiger partial charge in [-0.1, -0.05) is 41.6 Å². The molecule has 2 aromatic carbocycles. The third-order valence-corrected chi connectivity index (χ3v) is 5.79. The molecule has 0 aliphatic rings. The number of nitrogens with two attached hydrogens (primary N) is 1. The summed E-state index contributed by atoms with van der Waals surface area (Å²) in [6, 6.07) is 16.3. The maximum Gasteiger partial charge on any atom is 0.338 e. The lowest BCUT2D eigenvalue weighted by atomic mass is 10.1. The minimum absolute atomic E-state index is 0.0759. The predicted molar refractivity (Wildman–Crippen MR) is 130 cm³/mol. The number of aryl methyl sites for hydroxylation is 1. The average molecular weight is 478 g/mol. The van der Waals surface area contributed by atoms with Crippen molar-refractivity contribution in [1.82, 2.24) is 25.1 Å². The number of aromatic amines is 1. The first-order valence-electron chi connectivity index (χ1n) is 10.5. The van der Waals surface area contributed by atoms with Gasteiger partial charge in [-0.05, 0) is 44.2 Å². The molecule has 174 valence electrons. The zero-order valence-electron chi connectivity index (χ0n) is 18.6. The second kappa shape index (κ2) is 10.2. The SMILES string of the molecule is CCOC(=O)c1ccc(NC(=O)CSc2nnc(-c3cc(-c4ccc(C)cc4)n[nH]3)n2N)cc1. The highest BCUT2D eigenvalue weighted by Gasteiger charge is 2.16. The Morgan fingerprint density at radius 3 is 2.56 bits per heavy atom. The van der Waals surface area contributed by atoms with Crippen molar-refractivity contribution in [2.24, 2.45) is 0 Å². The number of carbonyl (C=O) groups is 2. The molecule has 0 aliphatic heterocycles. The van der Waals surface area contributed by atoms with Crippen molar-refractivity contribution in [2.45, 2.75) is 19.0 Å². The van der Waals surface area contributed by atoms with Gasteiger partial charge in [-0.3, -0.25) is 9.89 Å². The quantitative estimate of drug-likeness (QED) is 0.199. The molecule has 2 aromatic heterocycles. The largest absolute Gasteiger partial charge is 0.462 e. The zero-order valence-corrected chi connectivity index (χ0v) is 19.4. The fourth-order valence-electron chi connectivity index (χ4n) is 3.10. The van der Waals surface area contributed by atoms with Gasteiger partial charge in [0.15, 0.2) is 0 Å². The monoisotopic (exact) mass is 477 g/mol. The Hall–Kier alpha value is -4.12. The van der Waals surface area contributed by atoms with Gasteiger partial charge in [0.1, 0.15) is 5.69 Å². The molecule has 1 amide bonds. The van der Waals surface area contributed by atoms with Crippen LogP contribution in [-0.2, 0) is 9.53 Å². The number of carbonyl (C=O) groups excluding carboxylic acids is 2. The predicted octanol–water partition coefficient (Wildman–Crippen LogP) is 3.26. The number of amides is 1. The molecule has 10 nitrogen and oxygen atoms in total. The number of nitrogens with zero attached hydrogens (tertiary/aromatic N) is 4. The molecule has 0 fully saturated rings. The summed E-state index contributed by atoms with van der Waals surface area (Å²) >= 11 is 1.15. The van der Waals surface area contributed by atoms with E-state index in [1.165, 1.54) is 10.2 Å². The van der Waals surface area contributed by atoms with E-state index < -0.39 is 5.97 Å². The van der Waals surface area contributed by atoms with Crippen LogP contribution in [0.1, 0.15) is 22.8 Å². The summed E-state index contributed by atoms with van der Waals surface area (Å²) in [7, 11) is 0. The number of nitrogen functional groups attached to an aromatic ring is 1. The summed E-state index contributed by atoms with van der Waals surface area (Å²) in [5, 5.41) is 18.6. The third kappa shape index (κ3) is 5.26. The van der Waals surface area contributed by atoms with E-state index in [1.807, 2.05) is 37.3 Å². The number of H-pyrrole nitrogens is 1. The van der Waals surface area contributed by atoms with Crippen molar-refractivity contribution in [3.8, 4) is 22.8 Å². The van der Waals surface area contributed by atoms with Crippen molar-refractivity contribution in [1.29, 1.82) is 0 Å². The highest BCUT2D eigenvalue weighted by Crippen LogP contribution is 2.25. The van der Waals surface area contributed by atoms with E-state index in [2.05, 4.69) is 25.7 Å². The molecular weight excluding hydrogens is 454 g/mol. The minimum atomic E-state index is -0.405. The molecule has 4 rings (SSSR count). The second-order valence-corrected chi connectivity index (χ2v) is 8.29. The van der Waals surface area contributed by atoms with Gasteiger partial charge < -0.3 is 15.9 Å². The van der Waals surface area contributed by atoms with E-state index in [-0.39, 0.29) is 11.7 Å². The van der Waals surface area contributed by atoms with Crippen molar-refractivity contribution in [2.75, 3.05) is 23.5 Å². The molecule has 11 heteroatoms. The Morgan fingerprint density at radius 1 is 1.12 bits per heavy atom. The van der Waals surface area contributed by atoms with Crippen molar-refractivity contribution < 1.29 is 14.3 Å². The summed E-state index contributed by atoms with van der Waals surface area (Å²) in [4.78, 5) is 24.1. The molecule has 2 heterocycles. The Morgan fingerprint density at radius 2 is 1.85 bits per heavy atom. The molecule has 0 saturated heterocycles. The lowest BCUT2D eigenvalue weighted by Crippen LogP contribution is -2.16. The van der Waals surface area contributed by atoms with Gasteiger partial charge in [0.05, 0.1) is 23.6 Å². The summed E-state index contributed by atoms with van der Waals surface area (Å²) in [5.74, 6) is 5.99. The van der Waals surface area contributed by atoms with Crippen LogP contribution in [0.5, 0.6) is 0 Å². The van der Waals surface area contributed by atoms with E-state index in [4.69, 9.17) is 10.6 Å². The van der Waals surface area contributed by atoms with Gasteiger partial charge in [-0.15, -0.1) is 10.2 Å². The molecule has 4 N–H and O–H groups in total. The number of aromatic nitrogens is 5. The third-order valence-electron chi connectivity index (χ3n) is 4.84. The summed E-state index contributed by atoms with van der Waals surface area (Å²) in [5.41, 5.74) is 4.50. The molecular formula is C23H23N7O3S. The standard InChI is InChI=1S/C23H23N7O3S/c1-3-33-22(32)16-8-10-17(11-9-16)25-20(31)13-34-23-29-28-21(30(23)24)19-12-18(26-27-19)15-6-4-14(2)5-7-15/h4-12H,3,13,24H2,1-2H3,(H,25,31)(H,26,27). The maximum absolute atomic E-state index is 12.3. The minimum Gasteiger partial charge on any atom is -0.462 e. The van der Waals surface area contributed by atoms with Crippen molar-refractivity contribution in [3.05, 3.63) is 65.7 Å². The zero-order chi connectivity index (χ0) is 24.1. The van der Waals surface area contributed by atoms with Gasteiger partial charge in [0.2, 0.25) is 16.9 Å². The van der Waals surface area contributed by atoms with Gasteiger partial charge in [-0.2, -0.15) is 5.10 Å². The number of hydrogen-bond acceptors (Lipinski definition) is 8. The molecule has 0 bridgehead atoms. The number of benzene rings is 2. The lowest BCUT2D eigenvalue weighted by Gasteiger charge is -2.06. The topological polar surface area (TPSA) is 141 Å². The van der Waals surface area contributed by atoms with Crippen LogP contribution in [0.25, 0.3) is 22.8 Å². The number of anilines is 1. The van der Waals surface area contributed by atoms with Crippen LogP contribution in [0.3, 0.4) is 0 Å². The fraction of sp³-hybridized carbons (Fsp3) is 0.174. The van der Waals surface area contributed by atoms with E-state index in [0.717, 1.165) is 23.0 Å². The Labute approximate surface area is 199 Å². The van der Waals surface area contributed by atoms with Crippen molar-refractivity contribution in [3.63, 3.8) is 0 Å². The van der Waals surface area contributed by atoms with Crippen LogP contribution in [0.15, 0.2) is 59.8 Å². The summed E-state index contributed by atoms with van der Waals surface area (Å²) in [6.45, 7) is 4.07. The van der Waals surface area contributed by atoms with E-state index >= 15 is 0 Å². The Bertz CT molecular complexity index is 1300. The number of hydrogen-bond donors (Lipinski definition) is 3. The van der Waals surface area contributed by atoms with Gasteiger partial charge in [0.25, 0.3) is 0 Å². The molecule has 0 aliphatic carbocycles. The summed E-state index contributed by atoms with van der Waals surface area (Å²) < 4.78 is 6.26. The van der Waals surface area contributed by atoms with E-state index in [1.54, 1.807) is 31.2 Å². The fourth-order valence-corrected chi connectivity index (χ4v) is 3.76. The van der Waals surface area contributed by atoms with Crippen LogP contribution < -0.4 is 11.2 Å². The van der Waals surface area contributed by atoms with Crippen LogP contribution in [0, 0.1) is 6.92 Å². The first kappa shape index (κ1) is 23.1. The van der Waals surface area contributed by atoms with Gasteiger partial charge >= 0.3 is 5.97 Å². The number of thioether (sulfide) groups is 1. The molecule has 34 heavy (non-hydrogen) atoms. The van der Waals surface area contributed by atoms with Crippen LogP contribution in [0.4, 0.5) is 5.69 Å². The highest BCUT2D eigenvalue weighted by molar-refractivity contribution is 7.99. The van der Waals surface area contributed by atoms with Gasteiger partial charge in [0, 0.05) is 11.3 Å². The Balaban J connectivity index is 1.36. The lowest BCUT2D eigenvalue weighted by molar-refractivity contribution is -0.113. The molecule has 0 unspecified atom stereocenters. The molecule has 0 saturated carbocycles. The maximum atomic E-state index is 12.3. The smallest absolute Gasteiger partial charge is 0.338 e. The Kier molecular flexibility index (Phi) is 6.93. The average Bonchev–Trinajstić information content (AvgIpc) is 3.45. The molecule has 0 atom stereocenters. The number of nitrogens with one attached hydrogen (secondary N) is 2.